The second kappa shape index (κ2) is 4.13. The zero-order chi connectivity index (χ0) is 15.6. The largest absolute Gasteiger partial charge is 0.464 e. The number of rotatable bonds is 1. The highest BCUT2D eigenvalue weighted by atomic mass is 16.3. The summed E-state index contributed by atoms with van der Waals surface area (Å²) in [5, 5.41) is 4.84. The van der Waals surface area contributed by atoms with E-state index in [0.29, 0.717) is 22.4 Å². The molecule has 6 nitrogen and oxygen atoms in total. The molecule has 23 heavy (non-hydrogen) atoms. The number of furan rings is 2. The summed E-state index contributed by atoms with van der Waals surface area (Å²) >= 11 is 0. The van der Waals surface area contributed by atoms with Crippen molar-refractivity contribution in [3.63, 3.8) is 0 Å². The standard InChI is InChI=1S/C17H11N3O3/c1-20-17-11(8-18-20)14(12-3-2-6-22-12)16-15(19-17)10-5-4-9(21)7-13(10)23-16/h2-8,18H,1H3. The summed E-state index contributed by atoms with van der Waals surface area (Å²) in [6.45, 7) is 0. The van der Waals surface area contributed by atoms with E-state index < -0.39 is 0 Å². The van der Waals surface area contributed by atoms with E-state index in [1.54, 1.807) is 12.3 Å². The van der Waals surface area contributed by atoms with E-state index in [1.807, 2.05) is 30.1 Å². The zero-order valence-corrected chi connectivity index (χ0v) is 12.2. The lowest BCUT2D eigenvalue weighted by Crippen LogP contribution is -1.93. The summed E-state index contributed by atoms with van der Waals surface area (Å²) in [4.78, 5) is 16.3. The van der Waals surface area contributed by atoms with Gasteiger partial charge < -0.3 is 13.9 Å². The predicted molar refractivity (Wildman–Crippen MR) is 86.3 cm³/mol. The predicted octanol–water partition coefficient (Wildman–Crippen LogP) is 3.42. The number of nitrogens with one attached hydrogen (secondary N) is 1. The van der Waals surface area contributed by atoms with Crippen LogP contribution in [0.4, 0.5) is 0 Å². The van der Waals surface area contributed by atoms with Gasteiger partial charge >= 0.3 is 0 Å². The maximum absolute atomic E-state index is 11.6. The Bertz CT molecular complexity index is 1240. The minimum absolute atomic E-state index is 0.0889. The monoisotopic (exact) mass is 305 g/mol. The molecule has 0 unspecified atom stereocenters. The molecule has 0 bridgehead atoms. The van der Waals surface area contributed by atoms with E-state index in [1.165, 1.54) is 12.1 Å². The van der Waals surface area contributed by atoms with Crippen molar-refractivity contribution in [2.45, 2.75) is 0 Å². The molecule has 0 atom stereocenters. The maximum Gasteiger partial charge on any atom is 0.182 e. The molecule has 6 heteroatoms. The molecule has 112 valence electrons. The van der Waals surface area contributed by atoms with Crippen LogP contribution >= 0.6 is 0 Å². The Kier molecular flexibility index (Phi) is 2.21. The Balaban J connectivity index is 2.08. The van der Waals surface area contributed by atoms with E-state index in [9.17, 15) is 4.79 Å². The minimum Gasteiger partial charge on any atom is -0.464 e. The van der Waals surface area contributed by atoms with E-state index in [0.717, 1.165) is 22.0 Å². The lowest BCUT2D eigenvalue weighted by atomic mass is 10.1. The molecule has 0 aliphatic heterocycles. The molecule has 4 heterocycles. The smallest absolute Gasteiger partial charge is 0.182 e. The van der Waals surface area contributed by atoms with Crippen LogP contribution in [0.2, 0.25) is 0 Å². The van der Waals surface area contributed by atoms with Gasteiger partial charge in [0.05, 0.1) is 17.2 Å². The van der Waals surface area contributed by atoms with E-state index in [2.05, 4.69) is 5.10 Å². The highest BCUT2D eigenvalue weighted by Gasteiger charge is 2.20. The number of H-pyrrole nitrogens is 1. The third-order valence-corrected chi connectivity index (χ3v) is 4.08. The highest BCUT2D eigenvalue weighted by Crippen LogP contribution is 2.38. The van der Waals surface area contributed by atoms with Crippen LogP contribution in [0, 0.1) is 0 Å². The van der Waals surface area contributed by atoms with Crippen molar-refractivity contribution in [2.24, 2.45) is 7.05 Å². The first-order chi connectivity index (χ1) is 11.2. The van der Waals surface area contributed by atoms with Gasteiger partial charge in [-0.05, 0) is 24.3 Å². The van der Waals surface area contributed by atoms with E-state index in [4.69, 9.17) is 13.8 Å². The van der Waals surface area contributed by atoms with Crippen LogP contribution in [0.25, 0.3) is 44.4 Å². The summed E-state index contributed by atoms with van der Waals surface area (Å²) in [6.07, 6.45) is 3.49. The van der Waals surface area contributed by atoms with Crippen molar-refractivity contribution in [1.82, 2.24) is 14.8 Å². The van der Waals surface area contributed by atoms with Crippen LogP contribution in [0.5, 0.6) is 0 Å². The number of pyridine rings is 1. The Morgan fingerprint density at radius 1 is 1.22 bits per heavy atom. The zero-order valence-electron chi connectivity index (χ0n) is 12.2. The van der Waals surface area contributed by atoms with Crippen molar-refractivity contribution in [3.05, 3.63) is 53.0 Å². The van der Waals surface area contributed by atoms with Gasteiger partial charge in [0.2, 0.25) is 0 Å². The molecule has 4 aromatic heterocycles. The van der Waals surface area contributed by atoms with Crippen molar-refractivity contribution in [2.75, 3.05) is 0 Å². The quantitative estimate of drug-likeness (QED) is 0.515. The second-order valence-corrected chi connectivity index (χ2v) is 5.47. The molecule has 1 aromatic carbocycles. The minimum atomic E-state index is -0.0889. The molecule has 0 amide bonds. The Morgan fingerprint density at radius 3 is 2.96 bits per heavy atom. The number of fused-ring (bicyclic) bond motifs is 4. The van der Waals surface area contributed by atoms with Gasteiger partial charge in [0.1, 0.15) is 16.9 Å². The molecular weight excluding hydrogens is 294 g/mol. The third-order valence-electron chi connectivity index (χ3n) is 4.08. The average molecular weight is 305 g/mol. The first-order valence-electron chi connectivity index (χ1n) is 7.16. The van der Waals surface area contributed by atoms with Gasteiger partial charge in [0.15, 0.2) is 16.7 Å². The van der Waals surface area contributed by atoms with Crippen LogP contribution in [-0.4, -0.2) is 14.8 Å². The second-order valence-electron chi connectivity index (χ2n) is 5.47. The van der Waals surface area contributed by atoms with Crippen molar-refractivity contribution >= 4 is 33.1 Å². The maximum atomic E-state index is 11.6. The molecule has 0 aliphatic rings. The van der Waals surface area contributed by atoms with Crippen molar-refractivity contribution < 1.29 is 8.83 Å². The number of aromatic amines is 1. The highest BCUT2D eigenvalue weighted by molar-refractivity contribution is 6.13. The van der Waals surface area contributed by atoms with Gasteiger partial charge in [-0.1, -0.05) is 0 Å². The molecule has 1 N–H and O–H groups in total. The van der Waals surface area contributed by atoms with Gasteiger partial charge in [0.25, 0.3) is 0 Å². The Labute approximate surface area is 128 Å². The molecule has 0 aliphatic carbocycles. The van der Waals surface area contributed by atoms with Crippen LogP contribution in [-0.2, 0) is 7.05 Å². The summed E-state index contributed by atoms with van der Waals surface area (Å²) in [5.74, 6) is 0.698. The lowest BCUT2D eigenvalue weighted by molar-refractivity contribution is 0.581. The molecule has 0 saturated heterocycles. The molecule has 0 saturated carbocycles. The number of hydrogen-bond acceptors (Lipinski definition) is 4. The normalized spacial score (nSPS) is 11.9. The first-order valence-corrected chi connectivity index (χ1v) is 7.16. The van der Waals surface area contributed by atoms with E-state index >= 15 is 0 Å². The van der Waals surface area contributed by atoms with Gasteiger partial charge in [0, 0.05) is 24.7 Å². The number of nitrogens with zero attached hydrogens (tertiary/aromatic N) is 2. The van der Waals surface area contributed by atoms with Gasteiger partial charge in [-0.15, -0.1) is 0 Å². The number of benzene rings is 1. The first kappa shape index (κ1) is 12.3. The number of aryl methyl sites for hydroxylation is 1. The SMILES string of the molecule is Cn1[nH]cc2c(-c3ccco3)c3oc4cc(=O)ccc4c3nc21. The lowest BCUT2D eigenvalue weighted by Gasteiger charge is -2.02. The van der Waals surface area contributed by atoms with Crippen molar-refractivity contribution in [1.29, 1.82) is 0 Å². The van der Waals surface area contributed by atoms with Gasteiger partial charge in [-0.3, -0.25) is 9.48 Å². The van der Waals surface area contributed by atoms with Crippen LogP contribution in [0.3, 0.4) is 0 Å². The van der Waals surface area contributed by atoms with Gasteiger partial charge in [-0.2, -0.15) is 0 Å². The summed E-state index contributed by atoms with van der Waals surface area (Å²) < 4.78 is 13.4. The summed E-state index contributed by atoms with van der Waals surface area (Å²) in [6, 6.07) is 8.47. The van der Waals surface area contributed by atoms with Crippen LogP contribution in [0.15, 0.2) is 56.4 Å². The summed E-state index contributed by atoms with van der Waals surface area (Å²) in [5.41, 5.74) is 3.40. The topological polar surface area (TPSA) is 77.0 Å². The molecule has 5 rings (SSSR count). The van der Waals surface area contributed by atoms with Crippen molar-refractivity contribution in [3.8, 4) is 11.3 Å². The van der Waals surface area contributed by atoms with Gasteiger partial charge in [-0.25, -0.2) is 4.98 Å². The fourth-order valence-corrected chi connectivity index (χ4v) is 3.02. The summed E-state index contributed by atoms with van der Waals surface area (Å²) in [7, 11) is 1.89. The number of hydrogen-bond donors (Lipinski definition) is 1. The molecule has 5 aromatic rings. The average Bonchev–Trinajstić information content (AvgIpc) is 3.24. The van der Waals surface area contributed by atoms with E-state index in [-0.39, 0.29) is 5.43 Å². The molecular formula is C17H11N3O3. The van der Waals surface area contributed by atoms with Crippen LogP contribution in [0.1, 0.15) is 0 Å². The molecule has 0 spiro atoms. The Hall–Kier alpha value is -3.28. The molecule has 0 radical (unpaired) electrons. The van der Waals surface area contributed by atoms with Crippen LogP contribution < -0.4 is 5.43 Å². The Morgan fingerprint density at radius 2 is 2.13 bits per heavy atom. The molecule has 0 fully saturated rings. The third kappa shape index (κ3) is 1.57. The number of aromatic nitrogens is 3. The fourth-order valence-electron chi connectivity index (χ4n) is 3.02. The fraction of sp³-hybridized carbons (Fsp3) is 0.0588.